The van der Waals surface area contributed by atoms with Gasteiger partial charge in [0, 0.05) is 26.7 Å². The number of carbonyl (C=O) groups excluding carboxylic acids is 2. The average molecular weight is 763 g/mol. The SMILES string of the molecule is CC(=O)N[C@H]1[C@H]([C@H](O)[C@H](O)CO)O[C@@](O[C@H](CO)[C@@H](O)[C@@H]2O[C@@](O[C@@H]3[C@@H](O)[C@H](O)O[C@H](CO)[C@H]3O)(C(=O)O)C[C@H](O)[C@H]2NC(C)=O)(C(=O)O)C[C@@H]1O. The number of rotatable bonds is 15. The molecular formula is C28H46N2O22. The van der Waals surface area contributed by atoms with Crippen molar-refractivity contribution in [1.29, 1.82) is 0 Å². The number of hydrogen-bond acceptors (Lipinski definition) is 20. The normalized spacial score (nSPS) is 40.5. The monoisotopic (exact) mass is 762 g/mol. The van der Waals surface area contributed by atoms with Crippen molar-refractivity contribution in [2.45, 2.75) is 130 Å². The molecule has 3 aliphatic rings. The molecule has 3 aliphatic heterocycles. The quantitative estimate of drug-likeness (QED) is 0.0736. The van der Waals surface area contributed by atoms with Gasteiger partial charge in [-0.15, -0.1) is 0 Å². The lowest BCUT2D eigenvalue weighted by atomic mass is 9.87. The Morgan fingerprint density at radius 1 is 0.750 bits per heavy atom. The molecular weight excluding hydrogens is 716 g/mol. The summed E-state index contributed by atoms with van der Waals surface area (Å²) in [6.07, 6.45) is -29.6. The van der Waals surface area contributed by atoms with Crippen LogP contribution in [0.15, 0.2) is 0 Å². The maximum atomic E-state index is 12.7. The van der Waals surface area contributed by atoms with Crippen LogP contribution >= 0.6 is 0 Å². The number of ether oxygens (including phenoxy) is 5. The molecule has 300 valence electrons. The molecule has 0 aromatic carbocycles. The van der Waals surface area contributed by atoms with E-state index in [0.29, 0.717) is 0 Å². The minimum atomic E-state index is -3.17. The maximum absolute atomic E-state index is 12.7. The number of carboxylic acids is 2. The van der Waals surface area contributed by atoms with E-state index in [-0.39, 0.29) is 0 Å². The van der Waals surface area contributed by atoms with Gasteiger partial charge in [0.1, 0.15) is 61.0 Å². The first-order valence-corrected chi connectivity index (χ1v) is 15.8. The van der Waals surface area contributed by atoms with E-state index in [2.05, 4.69) is 10.6 Å². The predicted molar refractivity (Wildman–Crippen MR) is 159 cm³/mol. The van der Waals surface area contributed by atoms with Crippen molar-refractivity contribution in [2.24, 2.45) is 0 Å². The first-order chi connectivity index (χ1) is 24.2. The third-order valence-electron chi connectivity index (χ3n) is 8.86. The van der Waals surface area contributed by atoms with Gasteiger partial charge in [-0.05, 0) is 0 Å². The van der Waals surface area contributed by atoms with E-state index in [9.17, 15) is 85.6 Å². The zero-order valence-corrected chi connectivity index (χ0v) is 27.7. The molecule has 3 rings (SSSR count). The predicted octanol–water partition coefficient (Wildman–Crippen LogP) is -8.87. The van der Waals surface area contributed by atoms with Gasteiger partial charge >= 0.3 is 11.9 Å². The van der Waals surface area contributed by atoms with E-state index in [0.717, 1.165) is 13.8 Å². The Kier molecular flexibility index (Phi) is 14.8. The van der Waals surface area contributed by atoms with Crippen molar-refractivity contribution in [3.05, 3.63) is 0 Å². The Hall–Kier alpha value is -2.76. The second-order valence-electron chi connectivity index (χ2n) is 12.7. The molecule has 17 atom stereocenters. The molecule has 3 fully saturated rings. The molecule has 2 amide bonds. The lowest BCUT2D eigenvalue weighted by molar-refractivity contribution is -0.371. The fourth-order valence-electron chi connectivity index (χ4n) is 6.27. The molecule has 0 aromatic heterocycles. The Morgan fingerprint density at radius 2 is 1.23 bits per heavy atom. The van der Waals surface area contributed by atoms with Crippen LogP contribution in [-0.2, 0) is 42.9 Å². The summed E-state index contributed by atoms with van der Waals surface area (Å²) in [6, 6.07) is -3.42. The second-order valence-corrected chi connectivity index (χ2v) is 12.7. The number of carbonyl (C=O) groups is 4. The minimum absolute atomic E-state index is 0.806. The number of aliphatic carboxylic acids is 2. The fraction of sp³-hybridized carbons (Fsp3) is 0.857. The van der Waals surface area contributed by atoms with Crippen LogP contribution in [0.2, 0.25) is 0 Å². The lowest BCUT2D eigenvalue weighted by Gasteiger charge is -2.50. The zero-order chi connectivity index (χ0) is 39.5. The summed E-state index contributed by atoms with van der Waals surface area (Å²) < 4.78 is 26.9. The Balaban J connectivity index is 2.05. The van der Waals surface area contributed by atoms with Gasteiger partial charge in [0.05, 0.1) is 44.1 Å². The van der Waals surface area contributed by atoms with Crippen LogP contribution in [0.4, 0.5) is 0 Å². The summed E-state index contributed by atoms with van der Waals surface area (Å²) in [7, 11) is 0. The number of aliphatic hydroxyl groups is 11. The van der Waals surface area contributed by atoms with Gasteiger partial charge in [0.15, 0.2) is 6.29 Å². The van der Waals surface area contributed by atoms with Gasteiger partial charge in [-0.3, -0.25) is 9.59 Å². The standard InChI is InChI=1S/C28H46N2O22/c1-8(34)29-15-10(36)3-27(25(44)45,50-21(15)17(39)12(38)5-31)49-14(7-33)19(41)22-16(30-9(2)35)11(37)4-28(51-22,26(46)47)52-23-18(40)13(6-32)48-24(43)20(23)42/h10-24,31-33,36-43H,3-7H2,1-2H3,(H,29,34)(H,30,35)(H,44,45)(H,46,47)/t10-,11-,12+,13+,14+,15+,16+,17+,18+,19+,20+,21+,22+,23-,24+,27+,28-/m0/s1. The highest BCUT2D eigenvalue weighted by Crippen LogP contribution is 2.39. The molecule has 24 nitrogen and oxygen atoms in total. The molecule has 15 N–H and O–H groups in total. The van der Waals surface area contributed by atoms with Gasteiger partial charge in [-0.25, -0.2) is 9.59 Å². The van der Waals surface area contributed by atoms with Crippen molar-refractivity contribution in [3.63, 3.8) is 0 Å². The molecule has 0 spiro atoms. The van der Waals surface area contributed by atoms with Crippen molar-refractivity contribution in [2.75, 3.05) is 19.8 Å². The van der Waals surface area contributed by atoms with Crippen molar-refractivity contribution in [3.8, 4) is 0 Å². The highest BCUT2D eigenvalue weighted by Gasteiger charge is 2.61. The van der Waals surface area contributed by atoms with Crippen LogP contribution < -0.4 is 10.6 Å². The number of amides is 2. The largest absolute Gasteiger partial charge is 0.477 e. The third-order valence-corrected chi connectivity index (χ3v) is 8.86. The smallest absolute Gasteiger partial charge is 0.364 e. The van der Waals surface area contributed by atoms with Gasteiger partial charge in [0.25, 0.3) is 11.6 Å². The van der Waals surface area contributed by atoms with Crippen LogP contribution in [-0.4, -0.2) is 213 Å². The molecule has 3 saturated heterocycles. The molecule has 0 unspecified atom stereocenters. The van der Waals surface area contributed by atoms with Crippen molar-refractivity contribution in [1.82, 2.24) is 10.6 Å². The molecule has 0 bridgehead atoms. The lowest BCUT2D eigenvalue weighted by Crippen LogP contribution is -2.71. The summed E-state index contributed by atoms with van der Waals surface area (Å²) in [5.41, 5.74) is 0. The van der Waals surface area contributed by atoms with E-state index < -0.39 is 160 Å². The van der Waals surface area contributed by atoms with Gasteiger partial charge in [-0.1, -0.05) is 0 Å². The molecule has 3 heterocycles. The summed E-state index contributed by atoms with van der Waals surface area (Å²) >= 11 is 0. The second kappa shape index (κ2) is 17.6. The summed E-state index contributed by atoms with van der Waals surface area (Å²) in [4.78, 5) is 49.4. The highest BCUT2D eigenvalue weighted by molar-refractivity contribution is 5.77. The number of aliphatic hydroxyl groups excluding tert-OH is 11. The van der Waals surface area contributed by atoms with Crippen molar-refractivity contribution < 1.29 is 109 Å². The Bertz CT molecular complexity index is 1260. The summed E-state index contributed by atoms with van der Waals surface area (Å²) in [6.45, 7) is -1.49. The molecule has 0 aliphatic carbocycles. The summed E-state index contributed by atoms with van der Waals surface area (Å²) in [5, 5.41) is 140. The topological polar surface area (TPSA) is 401 Å². The fourth-order valence-corrected chi connectivity index (χ4v) is 6.27. The highest BCUT2D eigenvalue weighted by atomic mass is 16.8. The van der Waals surface area contributed by atoms with Crippen LogP contribution in [0.5, 0.6) is 0 Å². The van der Waals surface area contributed by atoms with Gasteiger partial charge < -0.3 is 101 Å². The molecule has 0 saturated carbocycles. The van der Waals surface area contributed by atoms with Crippen LogP contribution in [0, 0.1) is 0 Å². The third kappa shape index (κ3) is 9.12. The molecule has 24 heteroatoms. The maximum Gasteiger partial charge on any atom is 0.364 e. The first-order valence-electron chi connectivity index (χ1n) is 15.8. The first kappa shape index (κ1) is 43.6. The van der Waals surface area contributed by atoms with Crippen LogP contribution in [0.3, 0.4) is 0 Å². The Morgan fingerprint density at radius 3 is 1.67 bits per heavy atom. The van der Waals surface area contributed by atoms with E-state index in [1.54, 1.807) is 0 Å². The molecule has 0 aromatic rings. The molecule has 52 heavy (non-hydrogen) atoms. The zero-order valence-electron chi connectivity index (χ0n) is 27.7. The Labute approximate surface area is 293 Å². The van der Waals surface area contributed by atoms with Crippen LogP contribution in [0.25, 0.3) is 0 Å². The number of carboxylic acid groups (broad SMARTS) is 2. The summed E-state index contributed by atoms with van der Waals surface area (Å²) in [5.74, 6) is -12.2. The van der Waals surface area contributed by atoms with Gasteiger partial charge in [-0.2, -0.15) is 0 Å². The average Bonchev–Trinajstić information content (AvgIpc) is 3.07. The minimum Gasteiger partial charge on any atom is -0.477 e. The van der Waals surface area contributed by atoms with E-state index in [4.69, 9.17) is 23.7 Å². The van der Waals surface area contributed by atoms with Gasteiger partial charge in [0.2, 0.25) is 11.8 Å². The number of hydrogen-bond donors (Lipinski definition) is 15. The van der Waals surface area contributed by atoms with E-state index in [1.807, 2.05) is 0 Å². The van der Waals surface area contributed by atoms with Crippen molar-refractivity contribution >= 4 is 23.8 Å². The van der Waals surface area contributed by atoms with Crippen LogP contribution in [0.1, 0.15) is 26.7 Å². The number of nitrogens with one attached hydrogen (secondary N) is 2. The van der Waals surface area contributed by atoms with E-state index in [1.165, 1.54) is 0 Å². The molecule has 0 radical (unpaired) electrons. The van der Waals surface area contributed by atoms with E-state index >= 15 is 0 Å².